The van der Waals surface area contributed by atoms with Gasteiger partial charge in [-0.2, -0.15) is 8.42 Å². The molecule has 0 aromatic carbocycles. The van der Waals surface area contributed by atoms with E-state index in [0.717, 1.165) is 0 Å². The minimum absolute atomic E-state index is 0.00834. The molecule has 1 aliphatic heterocycles. The van der Waals surface area contributed by atoms with Gasteiger partial charge in [-0.1, -0.05) is 27.7 Å². The number of hydrogen-bond donors (Lipinski definition) is 1. The highest BCUT2D eigenvalue weighted by atomic mass is 32.2. The van der Waals surface area contributed by atoms with Crippen LogP contribution in [0.3, 0.4) is 0 Å². The predicted octanol–water partition coefficient (Wildman–Crippen LogP) is 0.834. The molecule has 136 valence electrons. The second-order valence-corrected chi connectivity index (χ2v) is 9.54. The first kappa shape index (κ1) is 17.7. The van der Waals surface area contributed by atoms with E-state index in [0.29, 0.717) is 12.8 Å². The Morgan fingerprint density at radius 3 is 2.58 bits per heavy atom. The van der Waals surface area contributed by atoms with Gasteiger partial charge in [-0.05, 0) is 18.8 Å². The van der Waals surface area contributed by atoms with E-state index in [-0.39, 0.29) is 30.2 Å². The minimum Gasteiger partial charge on any atom is -0.458 e. The second kappa shape index (κ2) is 5.69. The van der Waals surface area contributed by atoms with Gasteiger partial charge in [0.2, 0.25) is 5.91 Å². The van der Waals surface area contributed by atoms with Crippen LogP contribution in [0.15, 0.2) is 0 Å². The van der Waals surface area contributed by atoms with Gasteiger partial charge in [0.15, 0.2) is 0 Å². The Kier molecular flexibility index (Phi) is 4.19. The van der Waals surface area contributed by atoms with E-state index in [1.165, 1.54) is 0 Å². The van der Waals surface area contributed by atoms with Crippen molar-refractivity contribution < 1.29 is 26.9 Å². The molecule has 0 spiro atoms. The summed E-state index contributed by atoms with van der Waals surface area (Å²) >= 11 is 0. The number of ether oxygens (including phenoxy) is 1. The van der Waals surface area contributed by atoms with Gasteiger partial charge in [-0.3, -0.25) is 13.8 Å². The van der Waals surface area contributed by atoms with Crippen molar-refractivity contribution >= 4 is 22.0 Å². The van der Waals surface area contributed by atoms with Gasteiger partial charge >= 0.3 is 5.97 Å². The van der Waals surface area contributed by atoms with Crippen molar-refractivity contribution in [3.63, 3.8) is 0 Å². The van der Waals surface area contributed by atoms with Gasteiger partial charge in [-0.15, -0.1) is 0 Å². The maximum absolute atomic E-state index is 12.1. The van der Waals surface area contributed by atoms with Crippen LogP contribution < -0.4 is 5.32 Å². The molecule has 0 aromatic heterocycles. The quantitative estimate of drug-likeness (QED) is 0.577. The van der Waals surface area contributed by atoms with E-state index in [4.69, 9.17) is 8.92 Å². The highest BCUT2D eigenvalue weighted by Crippen LogP contribution is 2.58. The molecule has 3 fully saturated rings. The number of amides is 1. The second-order valence-electron chi connectivity index (χ2n) is 7.82. The summed E-state index contributed by atoms with van der Waals surface area (Å²) in [7, 11) is -3.56. The van der Waals surface area contributed by atoms with E-state index in [2.05, 4.69) is 5.32 Å². The lowest BCUT2D eigenvalue weighted by atomic mass is 9.86. The van der Waals surface area contributed by atoms with Gasteiger partial charge < -0.3 is 10.1 Å². The maximum atomic E-state index is 12.1. The summed E-state index contributed by atoms with van der Waals surface area (Å²) in [5.74, 6) is -0.909. The summed E-state index contributed by atoms with van der Waals surface area (Å²) in [4.78, 5) is 24.1. The SMILES string of the molecule is CCC(C)(C)C(=O)NCC(=O)OC1C2CC3C1OS(=O)(=O)C3C2C. The van der Waals surface area contributed by atoms with E-state index in [9.17, 15) is 18.0 Å². The molecule has 1 saturated heterocycles. The minimum atomic E-state index is -3.56. The van der Waals surface area contributed by atoms with Crippen molar-refractivity contribution in [1.29, 1.82) is 0 Å². The number of esters is 1. The molecule has 1 amide bonds. The Hall–Kier alpha value is -1.15. The Morgan fingerprint density at radius 1 is 1.29 bits per heavy atom. The summed E-state index contributed by atoms with van der Waals surface area (Å²) in [6.45, 7) is 7.19. The van der Waals surface area contributed by atoms with Crippen molar-refractivity contribution in [1.82, 2.24) is 5.32 Å². The lowest BCUT2D eigenvalue weighted by molar-refractivity contribution is -0.157. The van der Waals surface area contributed by atoms with Crippen LogP contribution in [-0.4, -0.2) is 44.3 Å². The van der Waals surface area contributed by atoms with Crippen LogP contribution in [0.2, 0.25) is 0 Å². The normalized spacial score (nSPS) is 39.0. The third-order valence-electron chi connectivity index (χ3n) is 6.07. The zero-order valence-electron chi connectivity index (χ0n) is 14.4. The van der Waals surface area contributed by atoms with Gasteiger partial charge in [0.1, 0.15) is 18.8 Å². The van der Waals surface area contributed by atoms with Crippen molar-refractivity contribution in [2.75, 3.05) is 6.54 Å². The number of rotatable bonds is 5. The molecule has 6 unspecified atom stereocenters. The van der Waals surface area contributed by atoms with Crippen molar-refractivity contribution in [3.05, 3.63) is 0 Å². The summed E-state index contributed by atoms with van der Waals surface area (Å²) in [5.41, 5.74) is -0.545. The number of carbonyl (C=O) groups excluding carboxylic acids is 2. The smallest absolute Gasteiger partial charge is 0.325 e. The summed E-state index contributed by atoms with van der Waals surface area (Å²) < 4.78 is 34.8. The Bertz CT molecular complexity index is 657. The first-order valence-corrected chi connectivity index (χ1v) is 9.95. The van der Waals surface area contributed by atoms with E-state index in [1.54, 1.807) is 0 Å². The number of nitrogens with one attached hydrogen (secondary N) is 1. The van der Waals surface area contributed by atoms with Crippen LogP contribution >= 0.6 is 0 Å². The maximum Gasteiger partial charge on any atom is 0.325 e. The molecule has 1 heterocycles. The number of carbonyl (C=O) groups is 2. The zero-order chi connectivity index (χ0) is 17.9. The van der Waals surface area contributed by atoms with E-state index >= 15 is 0 Å². The molecule has 3 aliphatic rings. The lowest BCUT2D eigenvalue weighted by Gasteiger charge is -2.29. The van der Waals surface area contributed by atoms with Crippen LogP contribution in [0.4, 0.5) is 0 Å². The first-order valence-electron chi connectivity index (χ1n) is 8.48. The molecule has 2 aliphatic carbocycles. The highest BCUT2D eigenvalue weighted by molar-refractivity contribution is 7.87. The molecule has 0 aromatic rings. The van der Waals surface area contributed by atoms with Crippen LogP contribution in [0.1, 0.15) is 40.5 Å². The molecule has 24 heavy (non-hydrogen) atoms. The van der Waals surface area contributed by atoms with Crippen LogP contribution in [0.5, 0.6) is 0 Å². The number of hydrogen-bond acceptors (Lipinski definition) is 6. The van der Waals surface area contributed by atoms with Gasteiger partial charge in [0.05, 0.1) is 5.25 Å². The average molecular weight is 359 g/mol. The lowest BCUT2D eigenvalue weighted by Crippen LogP contribution is -2.44. The Balaban J connectivity index is 1.60. The molecule has 7 nitrogen and oxygen atoms in total. The van der Waals surface area contributed by atoms with Crippen LogP contribution in [0.25, 0.3) is 0 Å². The number of fused-ring (bicyclic) bond motifs is 1. The molecule has 1 N–H and O–H groups in total. The average Bonchev–Trinajstić information content (AvgIpc) is 3.07. The van der Waals surface area contributed by atoms with Crippen molar-refractivity contribution in [2.45, 2.75) is 58.0 Å². The predicted molar refractivity (Wildman–Crippen MR) is 85.3 cm³/mol. The standard InChI is InChI=1S/C16H25NO6S/c1-5-16(3,4)15(19)17-7-11(18)22-12-9-6-10-13(12)23-24(20,21)14(10)8(9)2/h8-10,12-14H,5-7H2,1-4H3,(H,17,19). The third-order valence-corrected chi connectivity index (χ3v) is 8.00. The van der Waals surface area contributed by atoms with Crippen molar-refractivity contribution in [2.24, 2.45) is 23.2 Å². The molecule has 8 heteroatoms. The summed E-state index contributed by atoms with van der Waals surface area (Å²) in [6.07, 6.45) is 0.269. The Morgan fingerprint density at radius 2 is 1.96 bits per heavy atom. The van der Waals surface area contributed by atoms with Crippen molar-refractivity contribution in [3.8, 4) is 0 Å². The molecule has 6 atom stereocenters. The molecular weight excluding hydrogens is 334 g/mol. The fourth-order valence-corrected chi connectivity index (χ4v) is 6.37. The first-order chi connectivity index (χ1) is 11.1. The third kappa shape index (κ3) is 2.63. The molecule has 3 rings (SSSR count). The van der Waals surface area contributed by atoms with Gasteiger partial charge in [-0.25, -0.2) is 0 Å². The fourth-order valence-electron chi connectivity index (χ4n) is 4.26. The summed E-state index contributed by atoms with van der Waals surface area (Å²) in [5, 5.41) is 2.12. The molecule has 0 radical (unpaired) electrons. The van der Waals surface area contributed by atoms with Crippen LogP contribution in [0, 0.1) is 23.2 Å². The van der Waals surface area contributed by atoms with E-state index in [1.807, 2.05) is 27.7 Å². The highest BCUT2D eigenvalue weighted by Gasteiger charge is 2.68. The molecule has 2 saturated carbocycles. The molecule has 2 bridgehead atoms. The Labute approximate surface area is 142 Å². The fraction of sp³-hybridized carbons (Fsp3) is 0.875. The molecular formula is C16H25NO6S. The summed E-state index contributed by atoms with van der Waals surface area (Å²) in [6, 6.07) is 0. The topological polar surface area (TPSA) is 98.8 Å². The van der Waals surface area contributed by atoms with E-state index < -0.39 is 39.0 Å². The van der Waals surface area contributed by atoms with Gasteiger partial charge in [0.25, 0.3) is 10.1 Å². The van der Waals surface area contributed by atoms with Crippen LogP contribution in [-0.2, 0) is 28.6 Å². The zero-order valence-corrected chi connectivity index (χ0v) is 15.3. The van der Waals surface area contributed by atoms with Gasteiger partial charge in [0, 0.05) is 17.3 Å². The largest absolute Gasteiger partial charge is 0.458 e. The monoisotopic (exact) mass is 359 g/mol.